The highest BCUT2D eigenvalue weighted by molar-refractivity contribution is 9.10. The Morgan fingerprint density at radius 3 is 2.67 bits per heavy atom. The monoisotopic (exact) mass is 326 g/mol. The molecule has 0 saturated heterocycles. The van der Waals surface area contributed by atoms with Crippen molar-refractivity contribution in [1.82, 2.24) is 9.97 Å². The second-order valence-electron chi connectivity index (χ2n) is 3.87. The highest BCUT2D eigenvalue weighted by Gasteiger charge is 2.12. The Morgan fingerprint density at radius 1 is 1.28 bits per heavy atom. The van der Waals surface area contributed by atoms with Gasteiger partial charge in [-0.3, -0.25) is 0 Å². The number of anilines is 1. The third-order valence-electron chi connectivity index (χ3n) is 2.70. The third-order valence-corrected chi connectivity index (χ3v) is 3.52. The first-order valence-corrected chi connectivity index (χ1v) is 6.47. The van der Waals surface area contributed by atoms with Crippen LogP contribution in [0.25, 0.3) is 11.4 Å². The predicted octanol–water partition coefficient (Wildman–Crippen LogP) is 3.46. The minimum atomic E-state index is 0.553. The van der Waals surface area contributed by atoms with E-state index in [0.29, 0.717) is 16.7 Å². The summed E-state index contributed by atoms with van der Waals surface area (Å²) in [4.78, 5) is 8.81. The lowest BCUT2D eigenvalue weighted by Gasteiger charge is -2.10. The SMILES string of the molecule is Cc1nc(-c2cc(Br)ccc2Cl)nc(NN)c1C. The lowest BCUT2D eigenvalue weighted by atomic mass is 10.2. The van der Waals surface area contributed by atoms with Gasteiger partial charge >= 0.3 is 0 Å². The van der Waals surface area contributed by atoms with Crippen molar-refractivity contribution in [3.05, 3.63) is 39.0 Å². The fourth-order valence-electron chi connectivity index (χ4n) is 1.56. The molecule has 1 aromatic carbocycles. The molecule has 0 radical (unpaired) electrons. The maximum absolute atomic E-state index is 6.17. The minimum Gasteiger partial charge on any atom is -0.308 e. The molecule has 3 N–H and O–H groups in total. The fraction of sp³-hybridized carbons (Fsp3) is 0.167. The van der Waals surface area contributed by atoms with Gasteiger partial charge in [-0.25, -0.2) is 15.8 Å². The van der Waals surface area contributed by atoms with Crippen molar-refractivity contribution in [2.24, 2.45) is 5.84 Å². The van der Waals surface area contributed by atoms with Crippen molar-refractivity contribution < 1.29 is 0 Å². The van der Waals surface area contributed by atoms with E-state index in [4.69, 9.17) is 17.4 Å². The largest absolute Gasteiger partial charge is 0.308 e. The zero-order valence-electron chi connectivity index (χ0n) is 9.96. The standard InChI is InChI=1S/C12H12BrClN4/c1-6-7(2)16-12(17-11(6)18-15)9-5-8(13)3-4-10(9)14/h3-5H,15H2,1-2H3,(H,16,17,18). The average molecular weight is 328 g/mol. The number of nitrogen functional groups attached to an aromatic ring is 1. The lowest BCUT2D eigenvalue weighted by molar-refractivity contribution is 1.06. The van der Waals surface area contributed by atoms with Crippen molar-refractivity contribution in [3.8, 4) is 11.4 Å². The Morgan fingerprint density at radius 2 is 2.00 bits per heavy atom. The van der Waals surface area contributed by atoms with Crippen molar-refractivity contribution in [2.45, 2.75) is 13.8 Å². The Balaban J connectivity index is 2.64. The molecule has 0 saturated carbocycles. The molecule has 0 atom stereocenters. The molecule has 6 heteroatoms. The van der Waals surface area contributed by atoms with Gasteiger partial charge in [-0.1, -0.05) is 27.5 Å². The molecule has 0 unspecified atom stereocenters. The molecule has 0 amide bonds. The van der Waals surface area contributed by atoms with E-state index < -0.39 is 0 Å². The molecule has 1 heterocycles. The second-order valence-corrected chi connectivity index (χ2v) is 5.20. The van der Waals surface area contributed by atoms with Gasteiger partial charge in [-0.05, 0) is 32.0 Å². The summed E-state index contributed by atoms with van der Waals surface area (Å²) < 4.78 is 0.922. The Hall–Kier alpha value is -1.17. The molecule has 94 valence electrons. The van der Waals surface area contributed by atoms with E-state index in [9.17, 15) is 0 Å². The highest BCUT2D eigenvalue weighted by atomic mass is 79.9. The smallest absolute Gasteiger partial charge is 0.163 e. The highest BCUT2D eigenvalue weighted by Crippen LogP contribution is 2.30. The number of nitrogens with zero attached hydrogens (tertiary/aromatic N) is 2. The normalized spacial score (nSPS) is 10.5. The van der Waals surface area contributed by atoms with Crippen LogP contribution in [0.5, 0.6) is 0 Å². The molecule has 0 spiro atoms. The first-order chi connectivity index (χ1) is 8.52. The number of nitrogens with one attached hydrogen (secondary N) is 1. The topological polar surface area (TPSA) is 63.8 Å². The van der Waals surface area contributed by atoms with Crippen LogP contribution in [0.2, 0.25) is 5.02 Å². The number of aromatic nitrogens is 2. The number of nitrogens with two attached hydrogens (primary N) is 1. The summed E-state index contributed by atoms with van der Waals surface area (Å²) in [6.45, 7) is 3.82. The van der Waals surface area contributed by atoms with Gasteiger partial charge in [0.05, 0.1) is 5.02 Å². The van der Waals surface area contributed by atoms with Crippen LogP contribution in [0.3, 0.4) is 0 Å². The van der Waals surface area contributed by atoms with Crippen molar-refractivity contribution in [3.63, 3.8) is 0 Å². The second kappa shape index (κ2) is 5.22. The summed E-state index contributed by atoms with van der Waals surface area (Å²) >= 11 is 9.57. The molecule has 0 bridgehead atoms. The number of rotatable bonds is 2. The number of halogens is 2. The van der Waals surface area contributed by atoms with Gasteiger partial charge in [-0.2, -0.15) is 0 Å². The molecule has 2 rings (SSSR count). The number of hydrogen-bond acceptors (Lipinski definition) is 4. The first kappa shape index (κ1) is 13.3. The van der Waals surface area contributed by atoms with Gasteiger partial charge in [-0.15, -0.1) is 0 Å². The van der Waals surface area contributed by atoms with Crippen LogP contribution < -0.4 is 11.3 Å². The van der Waals surface area contributed by atoms with Gasteiger partial charge in [0.15, 0.2) is 5.82 Å². The summed E-state index contributed by atoms with van der Waals surface area (Å²) in [5.41, 5.74) is 5.13. The van der Waals surface area contributed by atoms with E-state index in [1.54, 1.807) is 6.07 Å². The zero-order valence-corrected chi connectivity index (χ0v) is 12.3. The van der Waals surface area contributed by atoms with Crippen molar-refractivity contribution in [2.75, 3.05) is 5.43 Å². The summed E-state index contributed by atoms with van der Waals surface area (Å²) in [5, 5.41) is 0.601. The molecule has 2 aromatic rings. The van der Waals surface area contributed by atoms with E-state index in [-0.39, 0.29) is 0 Å². The third kappa shape index (κ3) is 2.48. The van der Waals surface area contributed by atoms with Crippen LogP contribution in [0.4, 0.5) is 5.82 Å². The van der Waals surface area contributed by atoms with Gasteiger partial charge in [0, 0.05) is 21.3 Å². The average Bonchev–Trinajstić information content (AvgIpc) is 2.35. The molecule has 18 heavy (non-hydrogen) atoms. The van der Waals surface area contributed by atoms with Crippen LogP contribution in [0.15, 0.2) is 22.7 Å². The number of hydrazine groups is 1. The lowest BCUT2D eigenvalue weighted by Crippen LogP contribution is -2.12. The van der Waals surface area contributed by atoms with Gasteiger partial charge in [0.2, 0.25) is 0 Å². The maximum Gasteiger partial charge on any atom is 0.163 e. The molecule has 0 aliphatic heterocycles. The maximum atomic E-state index is 6.17. The van der Waals surface area contributed by atoms with Gasteiger partial charge < -0.3 is 5.43 Å². The van der Waals surface area contributed by atoms with Crippen LogP contribution >= 0.6 is 27.5 Å². The van der Waals surface area contributed by atoms with Gasteiger partial charge in [0.25, 0.3) is 0 Å². The Kier molecular flexibility index (Phi) is 3.85. The molecule has 1 aromatic heterocycles. The summed E-state index contributed by atoms with van der Waals surface area (Å²) in [7, 11) is 0. The minimum absolute atomic E-state index is 0.553. The summed E-state index contributed by atoms with van der Waals surface area (Å²) in [5.74, 6) is 6.61. The quantitative estimate of drug-likeness (QED) is 0.655. The van der Waals surface area contributed by atoms with E-state index in [2.05, 4.69) is 31.3 Å². The Labute approximate surface area is 119 Å². The molecular weight excluding hydrogens is 316 g/mol. The fourth-order valence-corrected chi connectivity index (χ4v) is 2.12. The molecule has 0 aliphatic rings. The van der Waals surface area contributed by atoms with Crippen LogP contribution in [0, 0.1) is 13.8 Å². The van der Waals surface area contributed by atoms with Crippen LogP contribution in [0.1, 0.15) is 11.3 Å². The van der Waals surface area contributed by atoms with E-state index in [1.807, 2.05) is 26.0 Å². The molecular formula is C12H12BrClN4. The van der Waals surface area contributed by atoms with E-state index in [0.717, 1.165) is 21.3 Å². The Bertz CT molecular complexity index is 601. The number of hydrogen-bond donors (Lipinski definition) is 2. The zero-order chi connectivity index (χ0) is 13.3. The summed E-state index contributed by atoms with van der Waals surface area (Å²) in [6, 6.07) is 5.55. The molecule has 0 fully saturated rings. The van der Waals surface area contributed by atoms with Crippen LogP contribution in [-0.2, 0) is 0 Å². The summed E-state index contributed by atoms with van der Waals surface area (Å²) in [6.07, 6.45) is 0. The van der Waals surface area contributed by atoms with Crippen molar-refractivity contribution in [1.29, 1.82) is 0 Å². The first-order valence-electron chi connectivity index (χ1n) is 5.30. The number of benzene rings is 1. The predicted molar refractivity (Wildman–Crippen MR) is 77.5 cm³/mol. The van der Waals surface area contributed by atoms with Gasteiger partial charge in [0.1, 0.15) is 5.82 Å². The molecule has 4 nitrogen and oxygen atoms in total. The van der Waals surface area contributed by atoms with E-state index in [1.165, 1.54) is 0 Å². The molecule has 0 aliphatic carbocycles. The van der Waals surface area contributed by atoms with Crippen LogP contribution in [-0.4, -0.2) is 9.97 Å². The van der Waals surface area contributed by atoms with Crippen molar-refractivity contribution >= 4 is 33.3 Å². The van der Waals surface area contributed by atoms with E-state index >= 15 is 0 Å². The number of aryl methyl sites for hydroxylation is 1.